The van der Waals surface area contributed by atoms with Gasteiger partial charge in [-0.05, 0) is 53.5 Å². The maximum Gasteiger partial charge on any atom is 0.524 e. The molecule has 1 saturated heterocycles. The molecule has 1 heterocycles. The van der Waals surface area contributed by atoms with E-state index in [1.165, 1.54) is 0 Å². The summed E-state index contributed by atoms with van der Waals surface area (Å²) in [6, 6.07) is 0. The molecule has 0 radical (unpaired) electrons. The Kier molecular flexibility index (Phi) is 3.84. The minimum Gasteiger partial charge on any atom is -0.398 e. The third kappa shape index (κ3) is 3.04. The van der Waals surface area contributed by atoms with Gasteiger partial charge in [0.15, 0.2) is 0 Å². The first-order valence-corrected chi connectivity index (χ1v) is 7.03. The number of hydrogen-bond donors (Lipinski definition) is 0. The van der Waals surface area contributed by atoms with Crippen molar-refractivity contribution in [1.29, 1.82) is 0 Å². The largest absolute Gasteiger partial charge is 0.524 e. The van der Waals surface area contributed by atoms with E-state index < -0.39 is 18.3 Å². The van der Waals surface area contributed by atoms with Crippen molar-refractivity contribution < 1.29 is 18.4 Å². The van der Waals surface area contributed by atoms with Crippen molar-refractivity contribution >= 4 is 7.12 Å². The predicted octanol–water partition coefficient (Wildman–Crippen LogP) is 3.29. The van der Waals surface area contributed by atoms with Crippen LogP contribution in [-0.2, 0) is 14.0 Å². The van der Waals surface area contributed by atoms with Crippen LogP contribution in [-0.4, -0.2) is 31.5 Å². The molecule has 0 amide bonds. The van der Waals surface area contributed by atoms with Crippen molar-refractivity contribution in [3.8, 4) is 0 Å². The second kappa shape index (κ2) is 4.87. The smallest absolute Gasteiger partial charge is 0.398 e. The van der Waals surface area contributed by atoms with Gasteiger partial charge in [0, 0.05) is 12.0 Å². The van der Waals surface area contributed by atoms with Crippen LogP contribution in [0, 0.1) is 5.41 Å². The summed E-state index contributed by atoms with van der Waals surface area (Å²) in [7, 11) is -0.885. The lowest BCUT2D eigenvalue weighted by molar-refractivity contribution is 0.00578. The number of ether oxygens (including phenoxy) is 1. The Bertz CT molecular complexity index is 359. The quantitative estimate of drug-likeness (QED) is 0.717. The Labute approximate surface area is 115 Å². The molecule has 1 saturated carbocycles. The molecule has 2 aliphatic rings. The van der Waals surface area contributed by atoms with E-state index in [0.717, 1.165) is 12.8 Å². The third-order valence-corrected chi connectivity index (χ3v) is 4.41. The Morgan fingerprint density at radius 1 is 1.21 bits per heavy atom. The van der Waals surface area contributed by atoms with Gasteiger partial charge in [0.25, 0.3) is 0 Å². The highest BCUT2D eigenvalue weighted by Crippen LogP contribution is 2.49. The van der Waals surface area contributed by atoms with Gasteiger partial charge in [0.2, 0.25) is 0 Å². The van der Waals surface area contributed by atoms with Crippen LogP contribution in [0.4, 0.5) is 4.39 Å². The molecule has 1 aliphatic carbocycles. The van der Waals surface area contributed by atoms with Gasteiger partial charge in [-0.2, -0.15) is 0 Å². The van der Waals surface area contributed by atoms with Gasteiger partial charge >= 0.3 is 7.12 Å². The van der Waals surface area contributed by atoms with Crippen LogP contribution < -0.4 is 0 Å². The fourth-order valence-electron chi connectivity index (χ4n) is 2.11. The Hall–Kier alpha value is -0.385. The molecule has 0 aromatic heterocycles. The zero-order valence-corrected chi connectivity index (χ0v) is 12.6. The summed E-state index contributed by atoms with van der Waals surface area (Å²) in [5, 5.41) is 0. The molecule has 3 nitrogen and oxygen atoms in total. The predicted molar refractivity (Wildman–Crippen MR) is 73.4 cm³/mol. The molecule has 5 heteroatoms. The second-order valence-electron chi connectivity index (χ2n) is 6.62. The van der Waals surface area contributed by atoms with Gasteiger partial charge in [0.05, 0.1) is 17.8 Å². The zero-order valence-electron chi connectivity index (χ0n) is 12.6. The zero-order chi connectivity index (χ0) is 14.3. The molecule has 0 bridgehead atoms. The first-order valence-electron chi connectivity index (χ1n) is 7.03. The van der Waals surface area contributed by atoms with E-state index in [0.29, 0.717) is 13.2 Å². The van der Waals surface area contributed by atoms with Crippen LogP contribution in [0.5, 0.6) is 0 Å². The maximum atomic E-state index is 14.3. The monoisotopic (exact) mass is 270 g/mol. The molecule has 2 fully saturated rings. The highest BCUT2D eigenvalue weighted by molar-refractivity contribution is 6.53. The van der Waals surface area contributed by atoms with Crippen molar-refractivity contribution in [2.75, 3.05) is 13.2 Å². The van der Waals surface area contributed by atoms with Gasteiger partial charge in [-0.25, -0.2) is 4.39 Å². The number of rotatable bonds is 5. The summed E-state index contributed by atoms with van der Waals surface area (Å²) in [5.74, 6) is 0. The standard InChI is InChI=1S/C14H24BFO3/c1-6-17-10-14(7-8-14)9-11(16)15-18-12(2,3)13(4,5)19-15/h9H,6-8,10H2,1-5H3. The number of hydrogen-bond acceptors (Lipinski definition) is 3. The van der Waals surface area contributed by atoms with Crippen molar-refractivity contribution in [2.45, 2.75) is 58.7 Å². The van der Waals surface area contributed by atoms with E-state index in [-0.39, 0.29) is 11.1 Å². The highest BCUT2D eigenvalue weighted by Gasteiger charge is 2.54. The summed E-state index contributed by atoms with van der Waals surface area (Å²) in [6.45, 7) is 10.9. The molecule has 0 spiro atoms. The van der Waals surface area contributed by atoms with Crippen molar-refractivity contribution in [1.82, 2.24) is 0 Å². The average molecular weight is 270 g/mol. The summed E-state index contributed by atoms with van der Waals surface area (Å²) >= 11 is 0. The Morgan fingerprint density at radius 3 is 2.16 bits per heavy atom. The van der Waals surface area contributed by atoms with E-state index in [2.05, 4.69) is 0 Å². The van der Waals surface area contributed by atoms with Crippen LogP contribution in [0.1, 0.15) is 47.5 Å². The van der Waals surface area contributed by atoms with Crippen LogP contribution in [0.15, 0.2) is 11.8 Å². The molecule has 2 rings (SSSR count). The summed E-state index contributed by atoms with van der Waals surface area (Å²) < 4.78 is 31.1. The minimum absolute atomic E-state index is 0.135. The van der Waals surface area contributed by atoms with E-state index >= 15 is 0 Å². The normalized spacial score (nSPS) is 27.7. The average Bonchev–Trinajstić information content (AvgIpc) is 3.00. The summed E-state index contributed by atoms with van der Waals surface area (Å²) in [5.41, 5.74) is -1.46. The third-order valence-electron chi connectivity index (χ3n) is 4.41. The van der Waals surface area contributed by atoms with Crippen LogP contribution in [0.3, 0.4) is 0 Å². The molecule has 108 valence electrons. The summed E-state index contributed by atoms with van der Waals surface area (Å²) in [4.78, 5) is 0. The molecule has 1 aliphatic heterocycles. The topological polar surface area (TPSA) is 27.7 Å². The van der Waals surface area contributed by atoms with Gasteiger partial charge in [-0.1, -0.05) is 0 Å². The van der Waals surface area contributed by atoms with Gasteiger partial charge in [0.1, 0.15) is 5.73 Å². The first-order chi connectivity index (χ1) is 8.71. The van der Waals surface area contributed by atoms with E-state index in [1.807, 2.05) is 34.6 Å². The van der Waals surface area contributed by atoms with E-state index in [4.69, 9.17) is 14.0 Å². The molecule has 19 heavy (non-hydrogen) atoms. The van der Waals surface area contributed by atoms with E-state index in [9.17, 15) is 4.39 Å². The fourth-order valence-corrected chi connectivity index (χ4v) is 2.11. The van der Waals surface area contributed by atoms with Crippen LogP contribution >= 0.6 is 0 Å². The molecular formula is C14H24BFO3. The second-order valence-corrected chi connectivity index (χ2v) is 6.62. The highest BCUT2D eigenvalue weighted by atomic mass is 19.1. The Balaban J connectivity index is 2.03. The van der Waals surface area contributed by atoms with Gasteiger partial charge < -0.3 is 14.0 Å². The van der Waals surface area contributed by atoms with E-state index in [1.54, 1.807) is 6.08 Å². The van der Waals surface area contributed by atoms with Gasteiger partial charge in [-0.15, -0.1) is 0 Å². The molecule has 0 atom stereocenters. The molecule has 0 aromatic carbocycles. The molecular weight excluding hydrogens is 246 g/mol. The molecule has 0 N–H and O–H groups in total. The van der Waals surface area contributed by atoms with Crippen molar-refractivity contribution in [3.05, 3.63) is 11.8 Å². The van der Waals surface area contributed by atoms with Gasteiger partial charge in [-0.3, -0.25) is 0 Å². The summed E-state index contributed by atoms with van der Waals surface area (Å²) in [6.07, 6.45) is 3.59. The Morgan fingerprint density at radius 2 is 1.74 bits per heavy atom. The first kappa shape index (κ1) is 15.0. The lowest BCUT2D eigenvalue weighted by atomic mass is 9.85. The minimum atomic E-state index is -0.885. The van der Waals surface area contributed by atoms with Crippen molar-refractivity contribution in [2.24, 2.45) is 5.41 Å². The molecule has 0 aromatic rings. The van der Waals surface area contributed by atoms with Crippen LogP contribution in [0.25, 0.3) is 0 Å². The van der Waals surface area contributed by atoms with Crippen LogP contribution in [0.2, 0.25) is 0 Å². The molecule has 0 unspecified atom stereocenters. The fraction of sp³-hybridized carbons (Fsp3) is 0.857. The lowest BCUT2D eigenvalue weighted by Crippen LogP contribution is -2.41. The SMILES string of the molecule is CCOCC1(C=C(F)B2OC(C)(C)C(C)(C)O2)CC1. The maximum absolute atomic E-state index is 14.3. The lowest BCUT2D eigenvalue weighted by Gasteiger charge is -2.32. The number of halogens is 1. The van der Waals surface area contributed by atoms with Crippen molar-refractivity contribution in [3.63, 3.8) is 0 Å².